The maximum atomic E-state index is 12.8. The summed E-state index contributed by atoms with van der Waals surface area (Å²) in [5, 5.41) is -0.412. The summed E-state index contributed by atoms with van der Waals surface area (Å²) in [5.41, 5.74) is 0.147. The Bertz CT molecular complexity index is 352. The first kappa shape index (κ1) is 11.5. The fraction of sp³-hybridized carbons (Fsp3) is 0.300. The number of rotatable bonds is 3. The normalized spacial score (nSPS) is 12.6. The van der Waals surface area contributed by atoms with Crippen molar-refractivity contribution in [2.75, 3.05) is 0 Å². The van der Waals surface area contributed by atoms with Crippen LogP contribution in [0.1, 0.15) is 23.7 Å². The van der Waals surface area contributed by atoms with Crippen LogP contribution in [0.4, 0.5) is 4.39 Å². The van der Waals surface area contributed by atoms with Gasteiger partial charge in [0, 0.05) is 5.56 Å². The smallest absolute Gasteiger partial charge is 0.182 e. The number of carbonyl (C=O) groups is 1. The monoisotopic (exact) mass is 234 g/mol. The molecular weight excluding hydrogens is 226 g/mol. The molecule has 0 saturated carbocycles. The first-order valence-electron chi connectivity index (χ1n) is 4.19. The molecule has 1 atom stereocenters. The molecule has 0 aliphatic heterocycles. The Kier molecular flexibility index (Phi) is 3.90. The Hall–Kier alpha value is -0.600. The fourth-order valence-corrected chi connectivity index (χ4v) is 1.37. The molecule has 4 heteroatoms. The van der Waals surface area contributed by atoms with Gasteiger partial charge in [0.15, 0.2) is 5.78 Å². The Morgan fingerprint density at radius 1 is 1.57 bits per heavy atom. The lowest BCUT2D eigenvalue weighted by atomic mass is 10.1. The SMILES string of the molecule is CCC(Cl)C(=O)c1cc(F)ccc1Cl. The second-order valence-electron chi connectivity index (χ2n) is 2.86. The zero-order chi connectivity index (χ0) is 10.7. The minimum atomic E-state index is -0.644. The molecule has 0 saturated heterocycles. The van der Waals surface area contributed by atoms with Gasteiger partial charge in [-0.3, -0.25) is 4.79 Å². The van der Waals surface area contributed by atoms with Gasteiger partial charge in [-0.1, -0.05) is 18.5 Å². The molecule has 0 radical (unpaired) electrons. The quantitative estimate of drug-likeness (QED) is 0.576. The van der Waals surface area contributed by atoms with E-state index >= 15 is 0 Å². The average Bonchev–Trinajstić information content (AvgIpc) is 2.19. The Balaban J connectivity index is 3.06. The number of ketones is 1. The number of carbonyl (C=O) groups excluding carboxylic acids is 1. The van der Waals surface area contributed by atoms with Crippen LogP contribution in [-0.2, 0) is 0 Å². The standard InChI is InChI=1S/C10H9Cl2FO/c1-2-8(11)10(14)7-5-6(13)3-4-9(7)12/h3-5,8H,2H2,1H3. The van der Waals surface area contributed by atoms with Crippen molar-refractivity contribution in [3.05, 3.63) is 34.6 Å². The van der Waals surface area contributed by atoms with E-state index in [2.05, 4.69) is 0 Å². The van der Waals surface area contributed by atoms with E-state index in [9.17, 15) is 9.18 Å². The molecule has 0 heterocycles. The number of benzene rings is 1. The van der Waals surface area contributed by atoms with E-state index in [-0.39, 0.29) is 16.4 Å². The van der Waals surface area contributed by atoms with Crippen molar-refractivity contribution in [1.82, 2.24) is 0 Å². The summed E-state index contributed by atoms with van der Waals surface area (Å²) >= 11 is 11.5. The van der Waals surface area contributed by atoms with Gasteiger partial charge in [0.2, 0.25) is 0 Å². The van der Waals surface area contributed by atoms with Crippen molar-refractivity contribution in [3.63, 3.8) is 0 Å². The van der Waals surface area contributed by atoms with Crippen LogP contribution in [0, 0.1) is 5.82 Å². The molecule has 1 unspecified atom stereocenters. The molecule has 0 spiro atoms. The molecule has 0 aromatic heterocycles. The minimum absolute atomic E-state index is 0.147. The van der Waals surface area contributed by atoms with Crippen LogP contribution >= 0.6 is 23.2 Å². The highest BCUT2D eigenvalue weighted by Gasteiger charge is 2.18. The lowest BCUT2D eigenvalue weighted by molar-refractivity contribution is 0.0985. The molecule has 76 valence electrons. The summed E-state index contributed by atoms with van der Waals surface area (Å²) in [6, 6.07) is 3.66. The van der Waals surface area contributed by atoms with Crippen molar-refractivity contribution in [1.29, 1.82) is 0 Å². The second kappa shape index (κ2) is 4.76. The molecule has 1 nitrogen and oxygen atoms in total. The third-order valence-corrected chi connectivity index (χ3v) is 2.67. The third-order valence-electron chi connectivity index (χ3n) is 1.84. The van der Waals surface area contributed by atoms with Gasteiger partial charge in [-0.05, 0) is 24.6 Å². The zero-order valence-corrected chi connectivity index (χ0v) is 9.07. The van der Waals surface area contributed by atoms with Crippen LogP contribution in [-0.4, -0.2) is 11.2 Å². The highest BCUT2D eigenvalue weighted by Crippen LogP contribution is 2.21. The number of halogens is 3. The molecule has 1 rings (SSSR count). The molecular formula is C10H9Cl2FO. The lowest BCUT2D eigenvalue weighted by Gasteiger charge is -2.07. The van der Waals surface area contributed by atoms with Gasteiger partial charge >= 0.3 is 0 Å². The first-order chi connectivity index (χ1) is 6.56. The minimum Gasteiger partial charge on any atom is -0.292 e. The predicted octanol–water partition coefficient (Wildman–Crippen LogP) is 3.68. The largest absolute Gasteiger partial charge is 0.292 e. The summed E-state index contributed by atoms with van der Waals surface area (Å²) in [6.45, 7) is 1.78. The maximum absolute atomic E-state index is 12.8. The second-order valence-corrected chi connectivity index (χ2v) is 3.80. The van der Waals surface area contributed by atoms with Crippen LogP contribution in [0.2, 0.25) is 5.02 Å². The van der Waals surface area contributed by atoms with Gasteiger partial charge in [0.25, 0.3) is 0 Å². The van der Waals surface area contributed by atoms with E-state index in [4.69, 9.17) is 23.2 Å². The van der Waals surface area contributed by atoms with Crippen LogP contribution in [0.3, 0.4) is 0 Å². The van der Waals surface area contributed by atoms with E-state index in [1.165, 1.54) is 12.1 Å². The van der Waals surface area contributed by atoms with Crippen molar-refractivity contribution < 1.29 is 9.18 Å². The number of hydrogen-bond donors (Lipinski definition) is 0. The van der Waals surface area contributed by atoms with Gasteiger partial charge in [-0.25, -0.2) is 4.39 Å². The molecule has 0 aliphatic rings. The van der Waals surface area contributed by atoms with E-state index in [0.29, 0.717) is 6.42 Å². The van der Waals surface area contributed by atoms with E-state index in [1.54, 1.807) is 6.92 Å². The molecule has 1 aromatic rings. The summed E-state index contributed by atoms with van der Waals surface area (Å²) in [5.74, 6) is -0.823. The highest BCUT2D eigenvalue weighted by molar-refractivity contribution is 6.38. The molecule has 14 heavy (non-hydrogen) atoms. The van der Waals surface area contributed by atoms with Crippen molar-refractivity contribution in [2.24, 2.45) is 0 Å². The van der Waals surface area contributed by atoms with E-state index < -0.39 is 11.2 Å². The summed E-state index contributed by atoms with van der Waals surface area (Å²) in [4.78, 5) is 11.6. The maximum Gasteiger partial charge on any atom is 0.182 e. The Morgan fingerprint density at radius 2 is 2.21 bits per heavy atom. The van der Waals surface area contributed by atoms with E-state index in [0.717, 1.165) is 6.07 Å². The topological polar surface area (TPSA) is 17.1 Å². The average molecular weight is 235 g/mol. The van der Waals surface area contributed by atoms with Gasteiger partial charge in [0.1, 0.15) is 5.82 Å². The van der Waals surface area contributed by atoms with Crippen molar-refractivity contribution in [3.8, 4) is 0 Å². The van der Waals surface area contributed by atoms with Crippen molar-refractivity contribution in [2.45, 2.75) is 18.7 Å². The number of alkyl halides is 1. The lowest BCUT2D eigenvalue weighted by Crippen LogP contribution is -2.14. The van der Waals surface area contributed by atoms with Crippen molar-refractivity contribution >= 4 is 29.0 Å². The molecule has 0 amide bonds. The van der Waals surface area contributed by atoms with Crippen LogP contribution in [0.5, 0.6) is 0 Å². The Morgan fingerprint density at radius 3 is 2.79 bits per heavy atom. The molecule has 1 aromatic carbocycles. The fourth-order valence-electron chi connectivity index (χ4n) is 1.04. The molecule has 0 N–H and O–H groups in total. The predicted molar refractivity (Wildman–Crippen MR) is 55.7 cm³/mol. The van der Waals surface area contributed by atoms with Gasteiger partial charge in [-0.2, -0.15) is 0 Å². The summed E-state index contributed by atoms with van der Waals surface area (Å²) < 4.78 is 12.8. The highest BCUT2D eigenvalue weighted by atomic mass is 35.5. The summed E-state index contributed by atoms with van der Waals surface area (Å²) in [7, 11) is 0. The number of hydrogen-bond acceptors (Lipinski definition) is 1. The third kappa shape index (κ3) is 2.46. The molecule has 0 fully saturated rings. The molecule has 0 bridgehead atoms. The van der Waals surface area contributed by atoms with Gasteiger partial charge in [0.05, 0.1) is 10.4 Å². The first-order valence-corrected chi connectivity index (χ1v) is 5.01. The van der Waals surface area contributed by atoms with Crippen LogP contribution < -0.4 is 0 Å². The van der Waals surface area contributed by atoms with Crippen LogP contribution in [0.15, 0.2) is 18.2 Å². The number of Topliss-reactive ketones (excluding diaryl/α,β-unsaturated/α-hetero) is 1. The van der Waals surface area contributed by atoms with Gasteiger partial charge < -0.3 is 0 Å². The summed E-state index contributed by atoms with van der Waals surface area (Å²) in [6.07, 6.45) is 0.493. The molecule has 0 aliphatic carbocycles. The zero-order valence-electron chi connectivity index (χ0n) is 7.56. The van der Waals surface area contributed by atoms with Crippen LogP contribution in [0.25, 0.3) is 0 Å². The van der Waals surface area contributed by atoms with Gasteiger partial charge in [-0.15, -0.1) is 11.6 Å². The Labute approximate surface area is 91.8 Å². The van der Waals surface area contributed by atoms with E-state index in [1.807, 2.05) is 0 Å².